The summed E-state index contributed by atoms with van der Waals surface area (Å²) in [5.41, 5.74) is 2.60. The fourth-order valence-electron chi connectivity index (χ4n) is 2.86. The van der Waals surface area contributed by atoms with Crippen molar-refractivity contribution in [2.24, 2.45) is 5.10 Å². The molecular weight excluding hydrogens is 448 g/mol. The Labute approximate surface area is 190 Å². The van der Waals surface area contributed by atoms with E-state index in [1.165, 1.54) is 55.8 Å². The van der Waals surface area contributed by atoms with E-state index in [1.807, 2.05) is 0 Å². The van der Waals surface area contributed by atoms with Crippen LogP contribution in [0.2, 0.25) is 0 Å². The maximum Gasteiger partial charge on any atom is 0.271 e. The largest absolute Gasteiger partial charge is 0.497 e. The van der Waals surface area contributed by atoms with E-state index in [9.17, 15) is 23.3 Å². The second kappa shape index (κ2) is 10.4. The highest BCUT2D eigenvalue weighted by atomic mass is 32.2. The van der Waals surface area contributed by atoms with Crippen LogP contribution in [-0.4, -0.2) is 39.1 Å². The van der Waals surface area contributed by atoms with Gasteiger partial charge in [0.2, 0.25) is 0 Å². The van der Waals surface area contributed by atoms with Gasteiger partial charge in [0, 0.05) is 12.1 Å². The van der Waals surface area contributed by atoms with E-state index in [2.05, 4.69) is 10.5 Å². The summed E-state index contributed by atoms with van der Waals surface area (Å²) in [4.78, 5) is 23.0. The quantitative estimate of drug-likeness (QED) is 0.292. The van der Waals surface area contributed by atoms with Gasteiger partial charge >= 0.3 is 0 Å². The molecule has 11 heteroatoms. The van der Waals surface area contributed by atoms with Gasteiger partial charge < -0.3 is 4.74 Å². The van der Waals surface area contributed by atoms with E-state index < -0.39 is 27.4 Å². The van der Waals surface area contributed by atoms with Crippen LogP contribution in [-0.2, 0) is 14.8 Å². The molecule has 33 heavy (non-hydrogen) atoms. The van der Waals surface area contributed by atoms with Crippen LogP contribution in [0.4, 0.5) is 11.4 Å². The van der Waals surface area contributed by atoms with E-state index in [-0.39, 0.29) is 16.3 Å². The smallest absolute Gasteiger partial charge is 0.271 e. The number of hydrazone groups is 1. The molecule has 10 nitrogen and oxygen atoms in total. The zero-order chi connectivity index (χ0) is 23.8. The van der Waals surface area contributed by atoms with Crippen molar-refractivity contribution in [3.63, 3.8) is 0 Å². The van der Waals surface area contributed by atoms with Crippen LogP contribution in [0.1, 0.15) is 5.56 Å². The van der Waals surface area contributed by atoms with Crippen molar-refractivity contribution in [3.8, 4) is 5.75 Å². The number of amides is 1. The molecule has 1 N–H and O–H groups in total. The Morgan fingerprint density at radius 3 is 2.52 bits per heavy atom. The molecule has 0 unspecified atom stereocenters. The number of nitro groups is 1. The molecule has 1 amide bonds. The molecular formula is C22H20N4O6S. The Kier molecular flexibility index (Phi) is 7.36. The molecule has 0 radical (unpaired) electrons. The SMILES string of the molecule is COc1cccc(/C=N\NC(=O)CN(c2cccc([N+](=O)[O-])c2)S(=O)(=O)c2ccccc2)c1. The normalized spacial score (nSPS) is 11.2. The number of methoxy groups -OCH3 is 1. The van der Waals surface area contributed by atoms with Gasteiger partial charge in [-0.15, -0.1) is 0 Å². The Morgan fingerprint density at radius 2 is 1.82 bits per heavy atom. The second-order valence-corrected chi connectivity index (χ2v) is 8.53. The summed E-state index contributed by atoms with van der Waals surface area (Å²) in [5, 5.41) is 15.0. The molecule has 0 bridgehead atoms. The maximum absolute atomic E-state index is 13.2. The predicted octanol–water partition coefficient (Wildman–Crippen LogP) is 2.95. The first-order valence-corrected chi connectivity index (χ1v) is 11.0. The monoisotopic (exact) mass is 468 g/mol. The van der Waals surface area contributed by atoms with Crippen molar-refractivity contribution >= 4 is 33.5 Å². The number of hydrogen-bond acceptors (Lipinski definition) is 7. The minimum Gasteiger partial charge on any atom is -0.497 e. The lowest BCUT2D eigenvalue weighted by Crippen LogP contribution is -2.39. The number of nitro benzene ring substituents is 1. The number of carbonyl (C=O) groups excluding carboxylic acids is 1. The average molecular weight is 468 g/mol. The molecule has 0 aliphatic carbocycles. The number of nitrogens with one attached hydrogen (secondary N) is 1. The molecule has 0 fully saturated rings. The summed E-state index contributed by atoms with van der Waals surface area (Å²) in [6.07, 6.45) is 1.38. The van der Waals surface area contributed by atoms with Crippen LogP contribution in [0.15, 0.2) is 88.9 Å². The predicted molar refractivity (Wildman–Crippen MR) is 123 cm³/mol. The van der Waals surface area contributed by atoms with Crippen LogP contribution >= 0.6 is 0 Å². The van der Waals surface area contributed by atoms with Crippen molar-refractivity contribution in [1.82, 2.24) is 5.43 Å². The third-order valence-electron chi connectivity index (χ3n) is 4.44. The van der Waals surface area contributed by atoms with Crippen LogP contribution in [0.3, 0.4) is 0 Å². The van der Waals surface area contributed by atoms with Crippen LogP contribution < -0.4 is 14.5 Å². The van der Waals surface area contributed by atoms with Gasteiger partial charge in [-0.3, -0.25) is 19.2 Å². The van der Waals surface area contributed by atoms with Crippen LogP contribution in [0.25, 0.3) is 0 Å². The number of sulfonamides is 1. The third kappa shape index (κ3) is 5.92. The first-order valence-electron chi connectivity index (χ1n) is 9.59. The minimum atomic E-state index is -4.20. The Hall–Kier alpha value is -4.25. The molecule has 0 spiro atoms. The highest BCUT2D eigenvalue weighted by Gasteiger charge is 2.28. The number of rotatable bonds is 9. The fourth-order valence-corrected chi connectivity index (χ4v) is 4.30. The van der Waals surface area contributed by atoms with Gasteiger partial charge in [-0.25, -0.2) is 13.8 Å². The fraction of sp³-hybridized carbons (Fsp3) is 0.0909. The maximum atomic E-state index is 13.2. The highest BCUT2D eigenvalue weighted by molar-refractivity contribution is 7.92. The van der Waals surface area contributed by atoms with E-state index in [0.717, 1.165) is 10.4 Å². The third-order valence-corrected chi connectivity index (χ3v) is 6.23. The molecule has 0 atom stereocenters. The molecule has 0 aromatic heterocycles. The Bertz CT molecular complexity index is 1280. The summed E-state index contributed by atoms with van der Waals surface area (Å²) < 4.78 is 32.4. The Balaban J connectivity index is 1.86. The number of carbonyl (C=O) groups is 1. The molecule has 0 heterocycles. The lowest BCUT2D eigenvalue weighted by Gasteiger charge is -2.23. The first-order chi connectivity index (χ1) is 15.8. The summed E-state index contributed by atoms with van der Waals surface area (Å²) in [7, 11) is -2.67. The number of ether oxygens (including phenoxy) is 1. The van der Waals surface area contributed by atoms with Crippen LogP contribution in [0.5, 0.6) is 5.75 Å². The number of benzene rings is 3. The zero-order valence-corrected chi connectivity index (χ0v) is 18.3. The molecule has 0 saturated carbocycles. The van der Waals surface area contributed by atoms with Gasteiger partial charge in [-0.2, -0.15) is 5.10 Å². The van der Waals surface area contributed by atoms with E-state index in [1.54, 1.807) is 30.3 Å². The summed E-state index contributed by atoms with van der Waals surface area (Å²) in [6, 6.07) is 19.5. The molecule has 3 aromatic rings. The lowest BCUT2D eigenvalue weighted by atomic mass is 10.2. The summed E-state index contributed by atoms with van der Waals surface area (Å²) in [6.45, 7) is -0.645. The van der Waals surface area contributed by atoms with Crippen molar-refractivity contribution in [2.45, 2.75) is 4.90 Å². The van der Waals surface area contributed by atoms with E-state index in [0.29, 0.717) is 11.3 Å². The summed E-state index contributed by atoms with van der Waals surface area (Å²) in [5.74, 6) is -0.128. The van der Waals surface area contributed by atoms with Crippen LogP contribution in [0, 0.1) is 10.1 Å². The van der Waals surface area contributed by atoms with E-state index >= 15 is 0 Å². The molecule has 3 rings (SSSR count). The topological polar surface area (TPSA) is 131 Å². The van der Waals surface area contributed by atoms with Crippen molar-refractivity contribution in [3.05, 3.63) is 94.5 Å². The van der Waals surface area contributed by atoms with E-state index in [4.69, 9.17) is 4.74 Å². The van der Waals surface area contributed by atoms with Gasteiger partial charge in [0.05, 0.1) is 28.8 Å². The molecule has 0 saturated heterocycles. The van der Waals surface area contributed by atoms with Gasteiger partial charge in [0.15, 0.2) is 0 Å². The molecule has 3 aromatic carbocycles. The average Bonchev–Trinajstić information content (AvgIpc) is 2.83. The molecule has 0 aliphatic heterocycles. The Morgan fingerprint density at radius 1 is 1.09 bits per heavy atom. The van der Waals surface area contributed by atoms with Gasteiger partial charge in [0.25, 0.3) is 21.6 Å². The van der Waals surface area contributed by atoms with Crippen molar-refractivity contribution in [1.29, 1.82) is 0 Å². The minimum absolute atomic E-state index is 0.0278. The highest BCUT2D eigenvalue weighted by Crippen LogP contribution is 2.26. The van der Waals surface area contributed by atoms with Gasteiger partial charge in [-0.05, 0) is 35.9 Å². The summed E-state index contributed by atoms with van der Waals surface area (Å²) >= 11 is 0. The van der Waals surface area contributed by atoms with Crippen molar-refractivity contribution < 1.29 is 22.9 Å². The lowest BCUT2D eigenvalue weighted by molar-refractivity contribution is -0.384. The standard InChI is InChI=1S/C22H20N4O6S/c1-32-20-10-5-7-17(13-20)15-23-24-22(27)16-25(18-8-6-9-19(14-18)26(28)29)33(30,31)21-11-3-2-4-12-21/h2-15H,16H2,1H3,(H,24,27)/b23-15-. The second-order valence-electron chi connectivity index (χ2n) is 6.67. The number of non-ortho nitro benzene ring substituents is 1. The van der Waals surface area contributed by atoms with Gasteiger partial charge in [-0.1, -0.05) is 36.4 Å². The number of anilines is 1. The first kappa shape index (κ1) is 23.4. The number of nitrogens with zero attached hydrogens (tertiary/aromatic N) is 3. The van der Waals surface area contributed by atoms with Gasteiger partial charge in [0.1, 0.15) is 12.3 Å². The molecule has 0 aliphatic rings. The number of hydrogen-bond donors (Lipinski definition) is 1. The zero-order valence-electron chi connectivity index (χ0n) is 17.5. The molecule has 170 valence electrons. The van der Waals surface area contributed by atoms with Crippen molar-refractivity contribution in [2.75, 3.05) is 18.0 Å².